The number of hydrogen-bond acceptors (Lipinski definition) is 2. The van der Waals surface area contributed by atoms with Crippen molar-refractivity contribution < 1.29 is 14.7 Å². The maximum atomic E-state index is 11.6. The van der Waals surface area contributed by atoms with Crippen LogP contribution in [0.1, 0.15) is 41.6 Å². The van der Waals surface area contributed by atoms with E-state index in [1.165, 1.54) is 6.42 Å². The summed E-state index contributed by atoms with van der Waals surface area (Å²) in [7, 11) is 0. The molecule has 1 aliphatic rings. The number of nitrogens with one attached hydrogen (secondary N) is 1. The summed E-state index contributed by atoms with van der Waals surface area (Å²) in [6.07, 6.45) is 4.73. The van der Waals surface area contributed by atoms with Gasteiger partial charge in [0.05, 0.1) is 5.56 Å². The maximum Gasteiger partial charge on any atom is 0.335 e. The fourth-order valence-electron chi connectivity index (χ4n) is 2.31. The summed E-state index contributed by atoms with van der Waals surface area (Å²) < 4.78 is 0. The summed E-state index contributed by atoms with van der Waals surface area (Å²) in [5, 5.41) is 11.9. The van der Waals surface area contributed by atoms with Crippen LogP contribution in [0.3, 0.4) is 0 Å². The molecule has 2 N–H and O–H groups in total. The first-order valence-corrected chi connectivity index (χ1v) is 6.74. The van der Waals surface area contributed by atoms with E-state index in [0.29, 0.717) is 30.9 Å². The van der Waals surface area contributed by atoms with Crippen LogP contribution in [0.5, 0.6) is 0 Å². The summed E-state index contributed by atoms with van der Waals surface area (Å²) in [6.45, 7) is 0.496. The number of carbonyl (C=O) groups excluding carboxylic acids is 1. The predicted molar refractivity (Wildman–Crippen MR) is 72.1 cm³/mol. The lowest BCUT2D eigenvalue weighted by Crippen LogP contribution is -2.29. The molecule has 0 heterocycles. The maximum absolute atomic E-state index is 11.6. The molecule has 1 fully saturated rings. The largest absolute Gasteiger partial charge is 0.478 e. The molecule has 0 aromatic heterocycles. The van der Waals surface area contributed by atoms with Crippen LogP contribution in [-0.4, -0.2) is 23.5 Å². The fourth-order valence-corrected chi connectivity index (χ4v) is 2.31. The molecule has 4 nitrogen and oxygen atoms in total. The molecule has 0 bridgehead atoms. The average molecular weight is 261 g/mol. The molecule has 19 heavy (non-hydrogen) atoms. The Balaban J connectivity index is 1.78. The predicted octanol–water partition coefficient (Wildman–Crippen LogP) is 2.23. The van der Waals surface area contributed by atoms with E-state index >= 15 is 0 Å². The smallest absolute Gasteiger partial charge is 0.335 e. The molecule has 0 aliphatic heterocycles. The number of benzene rings is 1. The molecule has 0 radical (unpaired) electrons. The van der Waals surface area contributed by atoms with Gasteiger partial charge in [-0.1, -0.05) is 24.6 Å². The van der Waals surface area contributed by atoms with Gasteiger partial charge in [-0.25, -0.2) is 4.79 Å². The highest BCUT2D eigenvalue weighted by Crippen LogP contribution is 2.29. The zero-order valence-corrected chi connectivity index (χ0v) is 10.9. The second-order valence-corrected chi connectivity index (χ2v) is 5.06. The Kier molecular flexibility index (Phi) is 4.55. The van der Waals surface area contributed by atoms with Crippen LogP contribution in [0, 0.1) is 5.92 Å². The lowest BCUT2D eigenvalue weighted by molar-refractivity contribution is -0.122. The van der Waals surface area contributed by atoms with Gasteiger partial charge in [-0.2, -0.15) is 0 Å². The first-order chi connectivity index (χ1) is 9.16. The van der Waals surface area contributed by atoms with Crippen LogP contribution in [0.2, 0.25) is 0 Å². The van der Waals surface area contributed by atoms with E-state index in [-0.39, 0.29) is 5.91 Å². The second kappa shape index (κ2) is 6.36. The fraction of sp³-hybridized carbons (Fsp3) is 0.467. The van der Waals surface area contributed by atoms with Gasteiger partial charge >= 0.3 is 5.97 Å². The Morgan fingerprint density at radius 2 is 2.00 bits per heavy atom. The molecule has 4 heteroatoms. The van der Waals surface area contributed by atoms with Crippen molar-refractivity contribution >= 4 is 11.9 Å². The van der Waals surface area contributed by atoms with E-state index in [9.17, 15) is 9.59 Å². The van der Waals surface area contributed by atoms with Crippen molar-refractivity contribution in [1.29, 1.82) is 0 Å². The highest BCUT2D eigenvalue weighted by molar-refractivity contribution is 5.89. The van der Waals surface area contributed by atoms with Crippen molar-refractivity contribution in [2.24, 2.45) is 5.92 Å². The van der Waals surface area contributed by atoms with Gasteiger partial charge in [-0.3, -0.25) is 4.79 Å². The quantitative estimate of drug-likeness (QED) is 0.825. The zero-order chi connectivity index (χ0) is 13.7. The minimum absolute atomic E-state index is 0.0810. The number of amides is 1. The van der Waals surface area contributed by atoms with Gasteiger partial charge in [0.2, 0.25) is 5.91 Å². The van der Waals surface area contributed by atoms with Crippen LogP contribution >= 0.6 is 0 Å². The van der Waals surface area contributed by atoms with E-state index in [1.54, 1.807) is 18.2 Å². The number of hydrogen-bond donors (Lipinski definition) is 2. The van der Waals surface area contributed by atoms with Crippen molar-refractivity contribution in [3.8, 4) is 0 Å². The number of carboxylic acid groups (broad SMARTS) is 1. The molecular weight excluding hydrogens is 242 g/mol. The first kappa shape index (κ1) is 13.6. The summed E-state index contributed by atoms with van der Waals surface area (Å²) in [4.78, 5) is 22.7. The molecule has 1 saturated carbocycles. The van der Waals surface area contributed by atoms with Crippen molar-refractivity contribution in [3.63, 3.8) is 0 Å². The van der Waals surface area contributed by atoms with Gasteiger partial charge in [0.15, 0.2) is 0 Å². The van der Waals surface area contributed by atoms with E-state index in [4.69, 9.17) is 5.11 Å². The lowest BCUT2D eigenvalue weighted by atomic mass is 9.83. The Labute approximate surface area is 112 Å². The number of aromatic carboxylic acids is 1. The minimum Gasteiger partial charge on any atom is -0.478 e. The van der Waals surface area contributed by atoms with Crippen LogP contribution in [0.4, 0.5) is 0 Å². The molecule has 2 rings (SSSR count). The Hall–Kier alpha value is -1.84. The van der Waals surface area contributed by atoms with Gasteiger partial charge in [0.1, 0.15) is 0 Å². The molecule has 102 valence electrons. The molecule has 0 atom stereocenters. The van der Waals surface area contributed by atoms with Crippen molar-refractivity contribution in [2.75, 3.05) is 6.54 Å². The highest BCUT2D eigenvalue weighted by atomic mass is 16.4. The molecule has 1 aromatic rings. The Morgan fingerprint density at radius 3 is 2.63 bits per heavy atom. The third-order valence-electron chi connectivity index (χ3n) is 3.66. The van der Waals surface area contributed by atoms with Crippen molar-refractivity contribution in [1.82, 2.24) is 5.32 Å². The van der Waals surface area contributed by atoms with Crippen molar-refractivity contribution in [2.45, 2.75) is 32.1 Å². The van der Waals surface area contributed by atoms with Crippen LogP contribution < -0.4 is 5.32 Å². The molecule has 1 amide bonds. The average Bonchev–Trinajstić information content (AvgIpc) is 2.34. The summed E-state index contributed by atoms with van der Waals surface area (Å²) >= 11 is 0. The summed E-state index contributed by atoms with van der Waals surface area (Å²) in [5.74, 6) is -0.278. The summed E-state index contributed by atoms with van der Waals surface area (Å²) in [6, 6.07) is 6.91. The van der Waals surface area contributed by atoms with Gasteiger partial charge in [0, 0.05) is 13.0 Å². The molecule has 1 aliphatic carbocycles. The number of carboxylic acids is 1. The molecule has 0 spiro atoms. The van der Waals surface area contributed by atoms with Gasteiger partial charge in [0.25, 0.3) is 0 Å². The second-order valence-electron chi connectivity index (χ2n) is 5.06. The first-order valence-electron chi connectivity index (χ1n) is 6.74. The molecule has 0 saturated heterocycles. The SMILES string of the molecule is O=C(CC1CCC1)NCCc1ccccc1C(=O)O. The van der Waals surface area contributed by atoms with E-state index < -0.39 is 5.97 Å². The standard InChI is InChI=1S/C15H19NO3/c17-14(10-11-4-3-5-11)16-9-8-12-6-1-2-7-13(12)15(18)19/h1-2,6-7,11H,3-5,8-10H2,(H,16,17)(H,18,19). The molecule has 0 unspecified atom stereocenters. The topological polar surface area (TPSA) is 66.4 Å². The van der Waals surface area contributed by atoms with Crippen molar-refractivity contribution in [3.05, 3.63) is 35.4 Å². The van der Waals surface area contributed by atoms with Crippen LogP contribution in [0.15, 0.2) is 24.3 Å². The van der Waals surface area contributed by atoms with E-state index in [2.05, 4.69) is 5.32 Å². The van der Waals surface area contributed by atoms with E-state index in [0.717, 1.165) is 18.4 Å². The van der Waals surface area contributed by atoms with Crippen LogP contribution in [0.25, 0.3) is 0 Å². The third kappa shape index (κ3) is 3.81. The van der Waals surface area contributed by atoms with Gasteiger partial charge < -0.3 is 10.4 Å². The van der Waals surface area contributed by atoms with E-state index in [1.807, 2.05) is 6.07 Å². The number of carbonyl (C=O) groups is 2. The number of rotatable bonds is 6. The molecular formula is C15H19NO3. The Morgan fingerprint density at radius 1 is 1.26 bits per heavy atom. The van der Waals surface area contributed by atoms with Gasteiger partial charge in [-0.15, -0.1) is 0 Å². The highest BCUT2D eigenvalue weighted by Gasteiger charge is 2.20. The summed E-state index contributed by atoms with van der Waals surface area (Å²) in [5.41, 5.74) is 1.08. The Bertz CT molecular complexity index is 466. The minimum atomic E-state index is -0.920. The zero-order valence-electron chi connectivity index (χ0n) is 10.9. The van der Waals surface area contributed by atoms with Gasteiger partial charge in [-0.05, 0) is 36.8 Å². The monoisotopic (exact) mass is 261 g/mol. The molecule has 1 aromatic carbocycles. The normalized spacial score (nSPS) is 14.7. The lowest BCUT2D eigenvalue weighted by Gasteiger charge is -2.24. The van der Waals surface area contributed by atoms with Crippen LogP contribution in [-0.2, 0) is 11.2 Å². The third-order valence-corrected chi connectivity index (χ3v) is 3.66.